The van der Waals surface area contributed by atoms with Crippen molar-refractivity contribution in [1.29, 1.82) is 0 Å². The van der Waals surface area contributed by atoms with Crippen LogP contribution in [0.3, 0.4) is 0 Å². The molecule has 0 unspecified atom stereocenters. The molecule has 0 aromatic heterocycles. The molecular formula is C18H23F3N2O3. The molecule has 1 N–H and O–H groups in total. The van der Waals surface area contributed by atoms with Gasteiger partial charge in [-0.2, -0.15) is 13.2 Å². The number of alkyl halides is 3. The number of hydrogen-bond donors (Lipinski definition) is 1. The molecule has 1 aromatic carbocycles. The van der Waals surface area contributed by atoms with E-state index in [-0.39, 0.29) is 24.3 Å². The second kappa shape index (κ2) is 8.53. The van der Waals surface area contributed by atoms with Gasteiger partial charge in [0, 0.05) is 27.1 Å². The molecule has 1 aromatic rings. The quantitative estimate of drug-likeness (QED) is 0.809. The van der Waals surface area contributed by atoms with Crippen LogP contribution < -0.4 is 5.32 Å². The van der Waals surface area contributed by atoms with E-state index < -0.39 is 17.8 Å². The molecule has 0 aliphatic carbocycles. The predicted octanol–water partition coefficient (Wildman–Crippen LogP) is 2.77. The van der Waals surface area contributed by atoms with Gasteiger partial charge in [-0.15, -0.1) is 0 Å². The lowest BCUT2D eigenvalue weighted by Crippen LogP contribution is -2.46. The number of nitrogens with zero attached hydrogens (tertiary/aromatic N) is 1. The van der Waals surface area contributed by atoms with Crippen LogP contribution >= 0.6 is 0 Å². The monoisotopic (exact) mass is 372 g/mol. The zero-order valence-corrected chi connectivity index (χ0v) is 14.8. The number of rotatable bonds is 5. The van der Waals surface area contributed by atoms with E-state index in [9.17, 15) is 22.8 Å². The van der Waals surface area contributed by atoms with Crippen molar-refractivity contribution in [3.8, 4) is 0 Å². The van der Waals surface area contributed by atoms with E-state index in [0.29, 0.717) is 31.6 Å². The van der Waals surface area contributed by atoms with E-state index in [2.05, 4.69) is 5.32 Å². The van der Waals surface area contributed by atoms with Gasteiger partial charge in [0.1, 0.15) is 0 Å². The highest BCUT2D eigenvalue weighted by atomic mass is 19.4. The number of ether oxygens (including phenoxy) is 1. The first-order valence-corrected chi connectivity index (χ1v) is 8.45. The Morgan fingerprint density at radius 2 is 2.04 bits per heavy atom. The Morgan fingerprint density at radius 3 is 2.65 bits per heavy atom. The number of piperidine rings is 1. The Kier molecular flexibility index (Phi) is 6.63. The molecule has 1 fully saturated rings. The van der Waals surface area contributed by atoms with Gasteiger partial charge in [0.05, 0.1) is 24.1 Å². The number of likely N-dealkylation sites (tertiary alicyclic amines) is 1. The van der Waals surface area contributed by atoms with Crippen LogP contribution in [0.15, 0.2) is 24.3 Å². The molecule has 0 bridgehead atoms. The molecule has 5 nitrogen and oxygen atoms in total. The van der Waals surface area contributed by atoms with Gasteiger partial charge in [-0.25, -0.2) is 0 Å². The fraction of sp³-hybridized carbons (Fsp3) is 0.556. The maximum absolute atomic E-state index is 13.0. The third-order valence-corrected chi connectivity index (χ3v) is 4.56. The molecule has 8 heteroatoms. The van der Waals surface area contributed by atoms with E-state index in [1.807, 2.05) is 0 Å². The van der Waals surface area contributed by atoms with Crippen molar-refractivity contribution < 1.29 is 27.5 Å². The molecule has 0 spiro atoms. The van der Waals surface area contributed by atoms with Crippen LogP contribution in [-0.4, -0.2) is 43.5 Å². The molecule has 1 saturated heterocycles. The van der Waals surface area contributed by atoms with Crippen LogP contribution in [0.25, 0.3) is 0 Å². The summed E-state index contributed by atoms with van der Waals surface area (Å²) in [6, 6.07) is 4.57. The molecule has 26 heavy (non-hydrogen) atoms. The Balaban J connectivity index is 2.14. The largest absolute Gasteiger partial charge is 0.416 e. The Hall–Kier alpha value is -2.09. The van der Waals surface area contributed by atoms with Gasteiger partial charge in [-0.3, -0.25) is 9.59 Å². The minimum atomic E-state index is -4.44. The van der Waals surface area contributed by atoms with Crippen LogP contribution in [-0.2, 0) is 20.5 Å². The van der Waals surface area contributed by atoms with Crippen LogP contribution in [0.1, 0.15) is 36.9 Å². The zero-order chi connectivity index (χ0) is 19.3. The van der Waals surface area contributed by atoms with Crippen molar-refractivity contribution in [2.24, 2.45) is 5.92 Å². The van der Waals surface area contributed by atoms with Crippen molar-refractivity contribution in [3.05, 3.63) is 35.4 Å². The maximum Gasteiger partial charge on any atom is 0.416 e. The Labute approximate surface area is 150 Å². The average Bonchev–Trinajstić information content (AvgIpc) is 2.60. The highest BCUT2D eigenvalue weighted by Crippen LogP contribution is 2.36. The fourth-order valence-electron chi connectivity index (χ4n) is 3.22. The summed E-state index contributed by atoms with van der Waals surface area (Å²) >= 11 is 0. The summed E-state index contributed by atoms with van der Waals surface area (Å²) in [6.07, 6.45) is -3.50. The number of amides is 2. The van der Waals surface area contributed by atoms with Crippen molar-refractivity contribution in [1.82, 2.24) is 10.2 Å². The Bertz CT molecular complexity index is 649. The minimum Gasteiger partial charge on any atom is -0.383 e. The van der Waals surface area contributed by atoms with Crippen LogP contribution in [0.2, 0.25) is 0 Å². The van der Waals surface area contributed by atoms with Gasteiger partial charge in [0.15, 0.2) is 0 Å². The lowest BCUT2D eigenvalue weighted by molar-refractivity contribution is -0.137. The molecule has 1 aliphatic heterocycles. The van der Waals surface area contributed by atoms with E-state index in [1.54, 1.807) is 6.07 Å². The molecule has 2 atom stereocenters. The normalized spacial score (nSPS) is 20.7. The van der Waals surface area contributed by atoms with E-state index >= 15 is 0 Å². The number of benzene rings is 1. The molecule has 1 heterocycles. The van der Waals surface area contributed by atoms with Gasteiger partial charge in [0.25, 0.3) is 0 Å². The molecule has 1 aliphatic rings. The van der Waals surface area contributed by atoms with Gasteiger partial charge in [-0.1, -0.05) is 12.1 Å². The summed E-state index contributed by atoms with van der Waals surface area (Å²) in [7, 11) is 1.53. The van der Waals surface area contributed by atoms with Crippen LogP contribution in [0.4, 0.5) is 13.2 Å². The summed E-state index contributed by atoms with van der Waals surface area (Å²) in [6.45, 7) is 2.32. The van der Waals surface area contributed by atoms with E-state index in [4.69, 9.17) is 4.74 Å². The first-order chi connectivity index (χ1) is 12.2. The van der Waals surface area contributed by atoms with Gasteiger partial charge in [0.2, 0.25) is 11.8 Å². The lowest BCUT2D eigenvalue weighted by Gasteiger charge is -2.39. The molecule has 2 amide bonds. The van der Waals surface area contributed by atoms with Crippen molar-refractivity contribution in [2.45, 2.75) is 32.0 Å². The second-order valence-electron chi connectivity index (χ2n) is 6.37. The van der Waals surface area contributed by atoms with Crippen molar-refractivity contribution in [2.75, 3.05) is 26.8 Å². The second-order valence-corrected chi connectivity index (χ2v) is 6.37. The molecule has 0 radical (unpaired) electrons. The smallest absolute Gasteiger partial charge is 0.383 e. The number of nitrogens with one attached hydrogen (secondary N) is 1. The summed E-state index contributed by atoms with van der Waals surface area (Å²) in [5, 5.41) is 2.75. The number of carbonyl (C=O) groups excluding carboxylic acids is 2. The number of hydrogen-bond acceptors (Lipinski definition) is 3. The predicted molar refractivity (Wildman–Crippen MR) is 89.2 cm³/mol. The summed E-state index contributed by atoms with van der Waals surface area (Å²) < 4.78 is 43.8. The zero-order valence-electron chi connectivity index (χ0n) is 14.8. The van der Waals surface area contributed by atoms with Gasteiger partial charge >= 0.3 is 6.18 Å². The summed E-state index contributed by atoms with van der Waals surface area (Å²) in [5.41, 5.74) is -0.300. The van der Waals surface area contributed by atoms with Gasteiger partial charge < -0.3 is 15.0 Å². The maximum atomic E-state index is 13.0. The minimum absolute atomic E-state index is 0.171. The topological polar surface area (TPSA) is 58.6 Å². The first-order valence-electron chi connectivity index (χ1n) is 8.45. The Morgan fingerprint density at radius 1 is 1.31 bits per heavy atom. The number of methoxy groups -OCH3 is 1. The number of halogens is 3. The van der Waals surface area contributed by atoms with Crippen LogP contribution in [0, 0.1) is 5.92 Å². The molecular weight excluding hydrogens is 349 g/mol. The van der Waals surface area contributed by atoms with Crippen molar-refractivity contribution >= 4 is 11.8 Å². The van der Waals surface area contributed by atoms with E-state index in [0.717, 1.165) is 12.1 Å². The third-order valence-electron chi connectivity index (χ3n) is 4.56. The fourth-order valence-corrected chi connectivity index (χ4v) is 3.22. The SMILES string of the molecule is COCCNC(=O)[C@H]1CC[C@@H](c2cccc(C(F)(F)F)c2)N(C(C)=O)C1. The summed E-state index contributed by atoms with van der Waals surface area (Å²) in [4.78, 5) is 25.7. The van der Waals surface area contributed by atoms with Crippen molar-refractivity contribution in [3.63, 3.8) is 0 Å². The standard InChI is InChI=1S/C18H23F3N2O3/c1-12(24)23-11-14(17(25)22-8-9-26-2)6-7-16(23)13-4-3-5-15(10-13)18(19,20)21/h3-5,10,14,16H,6-9,11H2,1-2H3,(H,22,25)/t14-,16-/m0/s1. The molecule has 2 rings (SSSR count). The third kappa shape index (κ3) is 4.97. The molecule has 144 valence electrons. The average molecular weight is 372 g/mol. The molecule has 0 saturated carbocycles. The van der Waals surface area contributed by atoms with Gasteiger partial charge in [-0.05, 0) is 30.5 Å². The highest BCUT2D eigenvalue weighted by Gasteiger charge is 2.36. The lowest BCUT2D eigenvalue weighted by atomic mass is 9.87. The highest BCUT2D eigenvalue weighted by molar-refractivity contribution is 5.81. The first kappa shape index (κ1) is 20.2. The van der Waals surface area contributed by atoms with E-state index in [1.165, 1.54) is 25.0 Å². The summed E-state index contributed by atoms with van der Waals surface area (Å²) in [5.74, 6) is -0.810. The number of carbonyl (C=O) groups is 2. The van der Waals surface area contributed by atoms with Crippen LogP contribution in [0.5, 0.6) is 0 Å².